The number of hydrogen-bond acceptors (Lipinski definition) is 3. The number of methoxy groups -OCH3 is 1. The van der Waals surface area contributed by atoms with Crippen LogP contribution in [0.25, 0.3) is 0 Å². The summed E-state index contributed by atoms with van der Waals surface area (Å²) in [6.45, 7) is 17.1. The van der Waals surface area contributed by atoms with Crippen molar-refractivity contribution in [3.05, 3.63) is 23.3 Å². The van der Waals surface area contributed by atoms with Crippen molar-refractivity contribution in [3.63, 3.8) is 0 Å². The van der Waals surface area contributed by atoms with Gasteiger partial charge in [0.2, 0.25) is 0 Å². The molecule has 0 aliphatic heterocycles. The summed E-state index contributed by atoms with van der Waals surface area (Å²) in [5, 5.41) is 0. The van der Waals surface area contributed by atoms with Crippen molar-refractivity contribution >= 4 is 5.97 Å². The van der Waals surface area contributed by atoms with Gasteiger partial charge >= 0.3 is 5.97 Å². The molecule has 3 heteroatoms. The lowest BCUT2D eigenvalue weighted by Crippen LogP contribution is -2.23. The summed E-state index contributed by atoms with van der Waals surface area (Å²) in [4.78, 5) is 12.6. The molecule has 0 amide bonds. The van der Waals surface area contributed by atoms with Crippen LogP contribution >= 0.6 is 0 Å². The van der Waals surface area contributed by atoms with Crippen LogP contribution in [0.2, 0.25) is 0 Å². The van der Waals surface area contributed by atoms with Gasteiger partial charge in [0, 0.05) is 17.5 Å². The van der Waals surface area contributed by atoms with Gasteiger partial charge in [-0.2, -0.15) is 0 Å². The monoisotopic (exact) mass is 362 g/mol. The zero-order chi connectivity index (χ0) is 20.1. The van der Waals surface area contributed by atoms with E-state index in [9.17, 15) is 4.79 Å². The second-order valence-electron chi connectivity index (χ2n) is 9.48. The molecule has 0 saturated heterocycles. The van der Waals surface area contributed by atoms with Gasteiger partial charge in [-0.1, -0.05) is 74.7 Å². The van der Waals surface area contributed by atoms with Crippen LogP contribution in [0.3, 0.4) is 0 Å². The van der Waals surface area contributed by atoms with Gasteiger partial charge in [-0.15, -0.1) is 0 Å². The first-order valence-electron chi connectivity index (χ1n) is 9.83. The van der Waals surface area contributed by atoms with Crippen molar-refractivity contribution in [1.82, 2.24) is 0 Å². The lowest BCUT2D eigenvalue weighted by atomic mass is 9.79. The van der Waals surface area contributed by atoms with Gasteiger partial charge in [-0.05, 0) is 28.9 Å². The highest BCUT2D eigenvalue weighted by molar-refractivity contribution is 5.74. The van der Waals surface area contributed by atoms with Crippen LogP contribution in [0.15, 0.2) is 12.1 Å². The van der Waals surface area contributed by atoms with Gasteiger partial charge < -0.3 is 9.47 Å². The molecule has 1 atom stereocenters. The van der Waals surface area contributed by atoms with Crippen molar-refractivity contribution in [2.75, 3.05) is 7.11 Å². The zero-order valence-electron chi connectivity index (χ0n) is 18.3. The Morgan fingerprint density at radius 2 is 1.54 bits per heavy atom. The number of carbonyl (C=O) groups excluding carboxylic acids is 1. The molecule has 0 spiro atoms. The Kier molecular flexibility index (Phi) is 7.73. The van der Waals surface area contributed by atoms with Gasteiger partial charge in [0.25, 0.3) is 0 Å². The van der Waals surface area contributed by atoms with Crippen molar-refractivity contribution in [3.8, 4) is 11.5 Å². The number of ether oxygens (including phenoxy) is 2. The molecule has 0 N–H and O–H groups in total. The van der Waals surface area contributed by atoms with Gasteiger partial charge in [-0.25, -0.2) is 0 Å². The smallest absolute Gasteiger partial charge is 0.311 e. The standard InChI is InChI=1S/C23H38O3/c1-10-11-12-16(2)13-20(24)26-21-18(22(3,4)5)14-17(25-9)15-19(21)23(6,7)8/h14-16H,10-13H2,1-9H3/t16-/m1/s1. The van der Waals surface area contributed by atoms with Gasteiger partial charge in [0.05, 0.1) is 7.11 Å². The van der Waals surface area contributed by atoms with Crippen LogP contribution in [0.5, 0.6) is 11.5 Å². The SMILES string of the molecule is CCCC[C@@H](C)CC(=O)Oc1c(C(C)(C)C)cc(OC)cc1C(C)(C)C. The first-order valence-corrected chi connectivity index (χ1v) is 9.83. The molecule has 0 bridgehead atoms. The second kappa shape index (κ2) is 8.92. The molecular formula is C23H38O3. The molecule has 0 aliphatic carbocycles. The topological polar surface area (TPSA) is 35.5 Å². The predicted molar refractivity (Wildman–Crippen MR) is 109 cm³/mol. The summed E-state index contributed by atoms with van der Waals surface area (Å²) in [5.74, 6) is 1.71. The van der Waals surface area contributed by atoms with Crippen molar-refractivity contribution in [2.45, 2.75) is 91.9 Å². The van der Waals surface area contributed by atoms with E-state index in [0.717, 1.165) is 36.1 Å². The molecule has 0 heterocycles. The second-order valence-corrected chi connectivity index (χ2v) is 9.48. The number of rotatable bonds is 7. The maximum absolute atomic E-state index is 12.6. The van der Waals surface area contributed by atoms with Crippen LogP contribution in [0, 0.1) is 5.92 Å². The molecule has 1 aromatic carbocycles. The van der Waals surface area contributed by atoms with E-state index in [0.29, 0.717) is 18.1 Å². The third-order valence-electron chi connectivity index (χ3n) is 4.70. The molecule has 1 aromatic rings. The van der Waals surface area contributed by atoms with E-state index in [4.69, 9.17) is 9.47 Å². The Bertz CT molecular complexity index is 568. The molecule has 3 nitrogen and oxygen atoms in total. The van der Waals surface area contributed by atoms with E-state index in [1.165, 1.54) is 0 Å². The van der Waals surface area contributed by atoms with E-state index < -0.39 is 0 Å². The molecule has 0 unspecified atom stereocenters. The van der Waals surface area contributed by atoms with Gasteiger partial charge in [-0.3, -0.25) is 4.79 Å². The maximum atomic E-state index is 12.6. The third kappa shape index (κ3) is 6.34. The first-order chi connectivity index (χ1) is 11.9. The lowest BCUT2D eigenvalue weighted by Gasteiger charge is -2.30. The fourth-order valence-corrected chi connectivity index (χ4v) is 3.04. The van der Waals surface area contributed by atoms with Gasteiger partial charge in [0.1, 0.15) is 11.5 Å². The van der Waals surface area contributed by atoms with Crippen molar-refractivity contribution < 1.29 is 14.3 Å². The Balaban J connectivity index is 3.28. The Morgan fingerprint density at radius 3 is 1.92 bits per heavy atom. The first kappa shape index (κ1) is 22.5. The lowest BCUT2D eigenvalue weighted by molar-refractivity contribution is -0.135. The minimum absolute atomic E-state index is 0.144. The van der Waals surface area contributed by atoms with Crippen LogP contribution in [0.1, 0.15) is 92.2 Å². The Morgan fingerprint density at radius 1 is 1.04 bits per heavy atom. The highest BCUT2D eigenvalue weighted by atomic mass is 16.5. The quantitative estimate of drug-likeness (QED) is 0.415. The maximum Gasteiger partial charge on any atom is 0.311 e. The summed E-state index contributed by atoms with van der Waals surface area (Å²) in [5.41, 5.74) is 1.71. The highest BCUT2D eigenvalue weighted by Crippen LogP contribution is 2.42. The third-order valence-corrected chi connectivity index (χ3v) is 4.70. The van der Waals surface area contributed by atoms with Crippen LogP contribution in [-0.4, -0.2) is 13.1 Å². The van der Waals surface area contributed by atoms with Crippen molar-refractivity contribution in [2.24, 2.45) is 5.92 Å². The summed E-state index contributed by atoms with van der Waals surface area (Å²) >= 11 is 0. The molecule has 0 aromatic heterocycles. The molecule has 0 aliphatic rings. The summed E-state index contributed by atoms with van der Waals surface area (Å²) in [6.07, 6.45) is 3.82. The number of esters is 1. The Labute approximate surface area is 160 Å². The molecule has 0 radical (unpaired) electrons. The average Bonchev–Trinajstić information content (AvgIpc) is 2.50. The number of benzene rings is 1. The van der Waals surface area contributed by atoms with E-state index >= 15 is 0 Å². The fraction of sp³-hybridized carbons (Fsp3) is 0.696. The highest BCUT2D eigenvalue weighted by Gasteiger charge is 2.29. The largest absolute Gasteiger partial charge is 0.497 e. The summed E-state index contributed by atoms with van der Waals surface area (Å²) < 4.78 is 11.5. The molecule has 1 rings (SSSR count). The fourth-order valence-electron chi connectivity index (χ4n) is 3.04. The molecule has 148 valence electrons. The summed E-state index contributed by atoms with van der Waals surface area (Å²) in [7, 11) is 1.68. The molecule has 0 fully saturated rings. The minimum atomic E-state index is -0.155. The molecular weight excluding hydrogens is 324 g/mol. The van der Waals surface area contributed by atoms with Crippen LogP contribution in [-0.2, 0) is 15.6 Å². The van der Waals surface area contributed by atoms with Crippen LogP contribution in [0.4, 0.5) is 0 Å². The van der Waals surface area contributed by atoms with Crippen molar-refractivity contribution in [1.29, 1.82) is 0 Å². The normalized spacial score (nSPS) is 13.4. The van der Waals surface area contributed by atoms with E-state index in [1.807, 2.05) is 12.1 Å². The van der Waals surface area contributed by atoms with Crippen LogP contribution < -0.4 is 9.47 Å². The average molecular weight is 363 g/mol. The summed E-state index contributed by atoms with van der Waals surface area (Å²) in [6, 6.07) is 4.00. The zero-order valence-corrected chi connectivity index (χ0v) is 18.3. The number of hydrogen-bond donors (Lipinski definition) is 0. The Hall–Kier alpha value is -1.51. The van der Waals surface area contributed by atoms with E-state index in [2.05, 4.69) is 55.4 Å². The number of carbonyl (C=O) groups is 1. The minimum Gasteiger partial charge on any atom is -0.497 e. The van der Waals surface area contributed by atoms with E-state index in [-0.39, 0.29) is 16.8 Å². The molecule has 0 saturated carbocycles. The van der Waals surface area contributed by atoms with E-state index in [1.54, 1.807) is 7.11 Å². The van der Waals surface area contributed by atoms with Gasteiger partial charge in [0.15, 0.2) is 0 Å². The predicted octanol–water partition coefficient (Wildman–Crippen LogP) is 6.41. The number of unbranched alkanes of at least 4 members (excludes halogenated alkanes) is 1. The molecule has 26 heavy (non-hydrogen) atoms.